The highest BCUT2D eigenvalue weighted by molar-refractivity contribution is 6.32. The number of hydrogen-bond acceptors (Lipinski definition) is 4. The van der Waals surface area contributed by atoms with E-state index in [9.17, 15) is 15.2 Å². The van der Waals surface area contributed by atoms with Gasteiger partial charge in [-0.25, -0.2) is 0 Å². The number of nitrogens with zero attached hydrogens (tertiary/aromatic N) is 1. The maximum atomic E-state index is 10.8. The smallest absolute Gasteiger partial charge is 0.278 e. The monoisotopic (exact) mass is 242 g/mol. The second-order valence-electron chi connectivity index (χ2n) is 3.22. The molecule has 0 saturated heterocycles. The first-order valence-electron chi connectivity index (χ1n) is 4.51. The van der Waals surface area contributed by atoms with Gasteiger partial charge in [-0.3, -0.25) is 10.1 Å². The van der Waals surface area contributed by atoms with Gasteiger partial charge in [0.1, 0.15) is 5.75 Å². The number of halogens is 1. The molecule has 0 amide bonds. The van der Waals surface area contributed by atoms with Crippen LogP contribution < -0.4 is 5.73 Å². The lowest BCUT2D eigenvalue weighted by molar-refractivity contribution is -0.385. The minimum atomic E-state index is -0.698. The molecule has 1 aromatic carbocycles. The van der Waals surface area contributed by atoms with Crippen LogP contribution in [0.1, 0.15) is 18.0 Å². The SMILES string of the molecule is C=CC[C@@H](N)c1c([N+](=O)[O-])ccc(Cl)c1O. The zero-order valence-corrected chi connectivity index (χ0v) is 9.15. The molecule has 1 aromatic rings. The number of nitro groups is 1. The van der Waals surface area contributed by atoms with E-state index in [4.69, 9.17) is 17.3 Å². The lowest BCUT2D eigenvalue weighted by atomic mass is 10.0. The Bertz CT molecular complexity index is 434. The molecule has 0 radical (unpaired) electrons. The summed E-state index contributed by atoms with van der Waals surface area (Å²) < 4.78 is 0. The Morgan fingerprint density at radius 3 is 2.81 bits per heavy atom. The Morgan fingerprint density at radius 1 is 1.69 bits per heavy atom. The molecule has 0 unspecified atom stereocenters. The van der Waals surface area contributed by atoms with Gasteiger partial charge in [0.05, 0.1) is 15.5 Å². The summed E-state index contributed by atoms with van der Waals surface area (Å²) in [5.74, 6) is -0.342. The summed E-state index contributed by atoms with van der Waals surface area (Å²) in [4.78, 5) is 10.2. The highest BCUT2D eigenvalue weighted by Crippen LogP contribution is 2.38. The van der Waals surface area contributed by atoms with Crippen molar-refractivity contribution in [1.29, 1.82) is 0 Å². The third-order valence-electron chi connectivity index (χ3n) is 2.13. The van der Waals surface area contributed by atoms with Gasteiger partial charge < -0.3 is 10.8 Å². The molecule has 0 aromatic heterocycles. The van der Waals surface area contributed by atoms with E-state index in [2.05, 4.69) is 6.58 Å². The molecule has 0 aliphatic carbocycles. The minimum Gasteiger partial charge on any atom is -0.506 e. The quantitative estimate of drug-likeness (QED) is 0.482. The van der Waals surface area contributed by atoms with E-state index in [1.807, 2.05) is 0 Å². The molecule has 16 heavy (non-hydrogen) atoms. The van der Waals surface area contributed by atoms with Gasteiger partial charge in [0.15, 0.2) is 0 Å². The van der Waals surface area contributed by atoms with Crippen LogP contribution in [0.15, 0.2) is 24.8 Å². The van der Waals surface area contributed by atoms with Crippen LogP contribution in [0.3, 0.4) is 0 Å². The molecule has 0 aliphatic heterocycles. The van der Waals surface area contributed by atoms with Crippen LogP contribution in [0.5, 0.6) is 5.75 Å². The van der Waals surface area contributed by atoms with E-state index >= 15 is 0 Å². The first kappa shape index (κ1) is 12.5. The summed E-state index contributed by atoms with van der Waals surface area (Å²) in [5, 5.41) is 20.5. The van der Waals surface area contributed by atoms with Gasteiger partial charge in [0, 0.05) is 12.1 Å². The Kier molecular flexibility index (Phi) is 3.87. The van der Waals surface area contributed by atoms with Crippen molar-refractivity contribution < 1.29 is 10.0 Å². The van der Waals surface area contributed by atoms with Crippen molar-refractivity contribution in [1.82, 2.24) is 0 Å². The number of aromatic hydroxyl groups is 1. The molecule has 0 aliphatic rings. The Balaban J connectivity index is 3.36. The van der Waals surface area contributed by atoms with Crippen molar-refractivity contribution >= 4 is 17.3 Å². The van der Waals surface area contributed by atoms with Crippen molar-refractivity contribution in [2.75, 3.05) is 0 Å². The summed E-state index contributed by atoms with van der Waals surface area (Å²) in [6, 6.07) is 1.79. The number of phenolic OH excluding ortho intramolecular Hbond substituents is 1. The molecule has 6 heteroatoms. The third-order valence-corrected chi connectivity index (χ3v) is 2.44. The topological polar surface area (TPSA) is 89.4 Å². The average molecular weight is 243 g/mol. The van der Waals surface area contributed by atoms with Crippen LogP contribution in [0.4, 0.5) is 5.69 Å². The Morgan fingerprint density at radius 2 is 2.31 bits per heavy atom. The second-order valence-corrected chi connectivity index (χ2v) is 3.62. The maximum absolute atomic E-state index is 10.8. The second kappa shape index (κ2) is 4.96. The van der Waals surface area contributed by atoms with Crippen LogP contribution in [0.25, 0.3) is 0 Å². The van der Waals surface area contributed by atoms with E-state index in [-0.39, 0.29) is 22.0 Å². The van der Waals surface area contributed by atoms with Crippen LogP contribution in [-0.4, -0.2) is 10.0 Å². The van der Waals surface area contributed by atoms with Crippen molar-refractivity contribution in [3.63, 3.8) is 0 Å². The molecule has 5 nitrogen and oxygen atoms in total. The molecule has 86 valence electrons. The van der Waals surface area contributed by atoms with E-state index in [1.54, 1.807) is 0 Å². The average Bonchev–Trinajstić information content (AvgIpc) is 2.21. The Labute approximate surface area is 97.3 Å². The Hall–Kier alpha value is -1.59. The van der Waals surface area contributed by atoms with Crippen molar-refractivity contribution in [2.24, 2.45) is 5.73 Å². The van der Waals surface area contributed by atoms with Gasteiger partial charge in [-0.1, -0.05) is 17.7 Å². The molecule has 0 bridgehead atoms. The van der Waals surface area contributed by atoms with Crippen molar-refractivity contribution in [3.8, 4) is 5.75 Å². The fraction of sp³-hybridized carbons (Fsp3) is 0.200. The lowest BCUT2D eigenvalue weighted by Crippen LogP contribution is -2.11. The predicted molar refractivity (Wildman–Crippen MR) is 61.5 cm³/mol. The maximum Gasteiger partial charge on any atom is 0.278 e. The standard InChI is InChI=1S/C10H11ClN2O3/c1-2-3-7(12)9-8(13(15)16)5-4-6(11)10(9)14/h2,4-5,7,14H,1,3,12H2/t7-/m1/s1. The van der Waals surface area contributed by atoms with Crippen LogP contribution in [0.2, 0.25) is 5.02 Å². The first-order chi connectivity index (χ1) is 7.49. The fourth-order valence-corrected chi connectivity index (χ4v) is 1.56. The van der Waals surface area contributed by atoms with E-state index in [1.165, 1.54) is 18.2 Å². The number of nitro benzene ring substituents is 1. The summed E-state index contributed by atoms with van der Waals surface area (Å²) >= 11 is 5.68. The first-order valence-corrected chi connectivity index (χ1v) is 4.89. The highest BCUT2D eigenvalue weighted by Gasteiger charge is 2.24. The number of rotatable bonds is 4. The van der Waals surface area contributed by atoms with Gasteiger partial charge in [-0.15, -0.1) is 6.58 Å². The normalized spacial score (nSPS) is 12.1. The van der Waals surface area contributed by atoms with Gasteiger partial charge in [-0.05, 0) is 12.5 Å². The number of benzene rings is 1. The predicted octanol–water partition coefficient (Wildman–Crippen LogP) is 2.53. The third kappa shape index (κ3) is 2.32. The van der Waals surface area contributed by atoms with Gasteiger partial charge in [-0.2, -0.15) is 0 Å². The molecule has 3 N–H and O–H groups in total. The van der Waals surface area contributed by atoms with Crippen LogP contribution >= 0.6 is 11.6 Å². The summed E-state index contributed by atoms with van der Waals surface area (Å²) in [6.07, 6.45) is 1.84. The zero-order valence-electron chi connectivity index (χ0n) is 8.39. The molecule has 0 spiro atoms. The summed E-state index contributed by atoms with van der Waals surface area (Å²) in [7, 11) is 0. The summed E-state index contributed by atoms with van der Waals surface area (Å²) in [5.41, 5.74) is 5.52. The fourth-order valence-electron chi connectivity index (χ4n) is 1.39. The molecule has 0 saturated carbocycles. The van der Waals surface area contributed by atoms with E-state index < -0.39 is 11.0 Å². The summed E-state index contributed by atoms with van der Waals surface area (Å²) in [6.45, 7) is 3.49. The molecular formula is C10H11ClN2O3. The van der Waals surface area contributed by atoms with Gasteiger partial charge >= 0.3 is 0 Å². The van der Waals surface area contributed by atoms with E-state index in [0.29, 0.717) is 6.42 Å². The zero-order chi connectivity index (χ0) is 12.3. The van der Waals surface area contributed by atoms with Crippen LogP contribution in [0, 0.1) is 10.1 Å². The lowest BCUT2D eigenvalue weighted by Gasteiger charge is -2.12. The van der Waals surface area contributed by atoms with Crippen molar-refractivity contribution in [2.45, 2.75) is 12.5 Å². The number of phenols is 1. The van der Waals surface area contributed by atoms with Gasteiger partial charge in [0.25, 0.3) is 5.69 Å². The number of nitrogens with two attached hydrogens (primary N) is 1. The molecule has 1 atom stereocenters. The molecule has 1 rings (SSSR count). The highest BCUT2D eigenvalue weighted by atomic mass is 35.5. The largest absolute Gasteiger partial charge is 0.506 e. The molecule has 0 heterocycles. The molecular weight excluding hydrogens is 232 g/mol. The molecule has 0 fully saturated rings. The van der Waals surface area contributed by atoms with E-state index in [0.717, 1.165) is 0 Å². The van der Waals surface area contributed by atoms with Gasteiger partial charge in [0.2, 0.25) is 0 Å². The van der Waals surface area contributed by atoms with Crippen LogP contribution in [-0.2, 0) is 0 Å². The number of hydrogen-bond donors (Lipinski definition) is 2. The van der Waals surface area contributed by atoms with Crippen molar-refractivity contribution in [3.05, 3.63) is 45.5 Å². The minimum absolute atomic E-state index is 0.0393.